The maximum absolute atomic E-state index is 12.3. The average molecular weight is 690 g/mol. The predicted octanol–water partition coefficient (Wildman–Crippen LogP) is 4.96. The molecule has 4 aromatic rings. The Kier molecular flexibility index (Phi) is 10.3. The van der Waals surface area contributed by atoms with Crippen molar-refractivity contribution in [2.75, 3.05) is 69.5 Å². The number of hydrogen-bond donors (Lipinski definition) is 3. The monoisotopic (exact) mass is 689 g/mol. The van der Waals surface area contributed by atoms with E-state index in [-0.39, 0.29) is 12.0 Å². The number of hydrogen-bond acceptors (Lipinski definition) is 11. The van der Waals surface area contributed by atoms with Gasteiger partial charge in [0, 0.05) is 71.2 Å². The van der Waals surface area contributed by atoms with Crippen molar-refractivity contribution in [3.05, 3.63) is 71.1 Å². The molecule has 2 aliphatic rings. The summed E-state index contributed by atoms with van der Waals surface area (Å²) in [5.74, 6) is 1.50. The van der Waals surface area contributed by atoms with Crippen molar-refractivity contribution in [3.63, 3.8) is 0 Å². The number of anilines is 5. The molecule has 2 aromatic heterocycles. The highest BCUT2D eigenvalue weighted by Gasteiger charge is 2.24. The third-order valence-corrected chi connectivity index (χ3v) is 9.10. The van der Waals surface area contributed by atoms with E-state index >= 15 is 0 Å². The van der Waals surface area contributed by atoms with Crippen molar-refractivity contribution in [1.82, 2.24) is 29.5 Å². The first-order valence-electron chi connectivity index (χ1n) is 16.1. The number of nitrogens with one attached hydrogen (secondary N) is 2. The zero-order valence-corrected chi connectivity index (χ0v) is 28.5. The van der Waals surface area contributed by atoms with Gasteiger partial charge >= 0.3 is 6.16 Å². The molecule has 49 heavy (non-hydrogen) atoms. The van der Waals surface area contributed by atoms with E-state index < -0.39 is 6.16 Å². The minimum absolute atomic E-state index is 0.0908. The number of aromatic nitrogens is 4. The molecule has 15 heteroatoms. The normalized spacial score (nSPS) is 15.2. The molecule has 0 bridgehead atoms. The Labute approximate surface area is 289 Å². The number of benzene rings is 2. The van der Waals surface area contributed by atoms with Gasteiger partial charge in [-0.2, -0.15) is 10.1 Å². The largest absolute Gasteiger partial charge is 0.506 e. The van der Waals surface area contributed by atoms with Gasteiger partial charge in [-0.3, -0.25) is 9.69 Å². The first kappa shape index (κ1) is 33.8. The average Bonchev–Trinajstić information content (AvgIpc) is 3.56. The molecule has 1 amide bonds. The molecule has 0 saturated carbocycles. The summed E-state index contributed by atoms with van der Waals surface area (Å²) in [4.78, 5) is 38.5. The SMILES string of the molecule is COc1cc2c(cc1Nc1ncc(Cl)c(Nc3ccc(N4CCC(OC(=O)O)CC4)cc3-n3cccn3)n1)CCN(CC(=O)N(C)C)CC2. The van der Waals surface area contributed by atoms with Gasteiger partial charge in [0.25, 0.3) is 0 Å². The lowest BCUT2D eigenvalue weighted by molar-refractivity contribution is -0.129. The van der Waals surface area contributed by atoms with Crippen molar-refractivity contribution in [2.24, 2.45) is 0 Å². The number of amides is 1. The number of piperidine rings is 1. The molecule has 6 rings (SSSR count). The van der Waals surface area contributed by atoms with E-state index in [9.17, 15) is 9.59 Å². The molecule has 0 aliphatic carbocycles. The van der Waals surface area contributed by atoms with Crippen LogP contribution in [0.3, 0.4) is 0 Å². The van der Waals surface area contributed by atoms with Crippen molar-refractivity contribution >= 4 is 52.5 Å². The summed E-state index contributed by atoms with van der Waals surface area (Å²) >= 11 is 6.61. The Hall–Kier alpha value is -5.08. The second kappa shape index (κ2) is 15.0. The minimum atomic E-state index is -1.24. The molecule has 1 fully saturated rings. The fourth-order valence-corrected chi connectivity index (χ4v) is 6.26. The molecule has 2 aliphatic heterocycles. The van der Waals surface area contributed by atoms with Crippen LogP contribution < -0.4 is 20.3 Å². The number of ether oxygens (including phenoxy) is 2. The molecule has 0 spiro atoms. The van der Waals surface area contributed by atoms with Gasteiger partial charge in [0.2, 0.25) is 11.9 Å². The van der Waals surface area contributed by atoms with Crippen LogP contribution in [0.25, 0.3) is 5.69 Å². The van der Waals surface area contributed by atoms with Crippen molar-refractivity contribution < 1.29 is 24.2 Å². The van der Waals surface area contributed by atoms with E-state index in [1.54, 1.807) is 43.2 Å². The highest BCUT2D eigenvalue weighted by molar-refractivity contribution is 6.33. The summed E-state index contributed by atoms with van der Waals surface area (Å²) < 4.78 is 12.5. The summed E-state index contributed by atoms with van der Waals surface area (Å²) in [6, 6.07) is 11.9. The molecule has 4 heterocycles. The van der Waals surface area contributed by atoms with Crippen molar-refractivity contribution in [2.45, 2.75) is 31.8 Å². The predicted molar refractivity (Wildman–Crippen MR) is 187 cm³/mol. The number of carbonyl (C=O) groups excluding carboxylic acids is 1. The van der Waals surface area contributed by atoms with Gasteiger partial charge in [-0.05, 0) is 60.4 Å². The van der Waals surface area contributed by atoms with Gasteiger partial charge in [0.1, 0.15) is 16.9 Å². The molecule has 14 nitrogen and oxygen atoms in total. The summed E-state index contributed by atoms with van der Waals surface area (Å²) in [7, 11) is 5.19. The Balaban J connectivity index is 1.21. The number of carbonyl (C=O) groups is 2. The summed E-state index contributed by atoms with van der Waals surface area (Å²) in [6.07, 6.45) is 6.40. The van der Waals surface area contributed by atoms with Gasteiger partial charge in [0.05, 0.1) is 36.9 Å². The van der Waals surface area contributed by atoms with Crippen LogP contribution in [0.2, 0.25) is 5.02 Å². The molecule has 258 valence electrons. The highest BCUT2D eigenvalue weighted by Crippen LogP contribution is 2.35. The number of carboxylic acid groups (broad SMARTS) is 1. The van der Waals surface area contributed by atoms with E-state index in [0.717, 1.165) is 48.7 Å². The third-order valence-electron chi connectivity index (χ3n) is 8.82. The van der Waals surface area contributed by atoms with E-state index in [4.69, 9.17) is 31.2 Å². The highest BCUT2D eigenvalue weighted by atomic mass is 35.5. The summed E-state index contributed by atoms with van der Waals surface area (Å²) in [6.45, 7) is 3.29. The second-order valence-corrected chi connectivity index (χ2v) is 12.7. The lowest BCUT2D eigenvalue weighted by Crippen LogP contribution is -2.37. The topological polar surface area (TPSA) is 150 Å². The molecule has 3 N–H and O–H groups in total. The van der Waals surface area contributed by atoms with Crippen LogP contribution in [0.4, 0.5) is 33.6 Å². The van der Waals surface area contributed by atoms with Crippen molar-refractivity contribution in [3.8, 4) is 11.4 Å². The number of halogens is 1. The third kappa shape index (κ3) is 8.15. The first-order chi connectivity index (χ1) is 23.7. The van der Waals surface area contributed by atoms with Crippen LogP contribution in [0.5, 0.6) is 5.75 Å². The molecular formula is C34H40ClN9O5. The van der Waals surface area contributed by atoms with Crippen LogP contribution in [0.15, 0.2) is 55.0 Å². The standard InChI is InChI=1S/C34H40ClN9O5/c1-41(2)31(45)21-42-13-7-22-17-28(30(48-3)18-23(22)8-14-42)39-33-36-20-26(35)32(40-33)38-27-6-5-24(19-29(27)44-12-4-11-37-44)43-15-9-25(10-16-43)49-34(46)47/h4-6,11-12,17-20,25H,7-10,13-16,21H2,1-3H3,(H,46,47)(H2,36,38,39,40). The zero-order chi connectivity index (χ0) is 34.5. The van der Waals surface area contributed by atoms with Gasteiger partial charge in [-0.15, -0.1) is 0 Å². The number of fused-ring (bicyclic) bond motifs is 1. The second-order valence-electron chi connectivity index (χ2n) is 12.2. The van der Waals surface area contributed by atoms with Crippen LogP contribution in [0, 0.1) is 0 Å². The quantitative estimate of drug-likeness (QED) is 0.193. The van der Waals surface area contributed by atoms with E-state index in [0.29, 0.717) is 55.0 Å². The summed E-state index contributed by atoms with van der Waals surface area (Å²) in [5.41, 5.74) is 5.58. The van der Waals surface area contributed by atoms with Gasteiger partial charge < -0.3 is 35.0 Å². The molecule has 0 atom stereocenters. The zero-order valence-electron chi connectivity index (χ0n) is 27.7. The van der Waals surface area contributed by atoms with Gasteiger partial charge in [-0.25, -0.2) is 14.5 Å². The fourth-order valence-electron chi connectivity index (χ4n) is 6.12. The number of likely N-dealkylation sites (N-methyl/N-ethyl adjacent to an activating group) is 1. The number of rotatable bonds is 10. The Morgan fingerprint density at radius 1 is 1.04 bits per heavy atom. The molecular weight excluding hydrogens is 650 g/mol. The molecule has 2 aromatic carbocycles. The van der Waals surface area contributed by atoms with E-state index in [1.807, 2.05) is 36.5 Å². The molecule has 0 unspecified atom stereocenters. The Bertz CT molecular complexity index is 1800. The maximum atomic E-state index is 12.3. The van der Waals surface area contributed by atoms with Crippen LogP contribution >= 0.6 is 11.6 Å². The number of methoxy groups -OCH3 is 1. The smallest absolute Gasteiger partial charge is 0.495 e. The summed E-state index contributed by atoms with van der Waals surface area (Å²) in [5, 5.41) is 20.5. The van der Waals surface area contributed by atoms with Gasteiger partial charge in [0.15, 0.2) is 5.82 Å². The maximum Gasteiger partial charge on any atom is 0.506 e. The molecule has 1 saturated heterocycles. The van der Waals surface area contributed by atoms with Crippen LogP contribution in [-0.4, -0.2) is 107 Å². The first-order valence-corrected chi connectivity index (χ1v) is 16.5. The van der Waals surface area contributed by atoms with Crippen LogP contribution in [-0.2, 0) is 22.4 Å². The Morgan fingerprint density at radius 2 is 1.80 bits per heavy atom. The van der Waals surface area contributed by atoms with E-state index in [2.05, 4.69) is 36.6 Å². The Morgan fingerprint density at radius 3 is 2.47 bits per heavy atom. The molecule has 0 radical (unpaired) electrons. The lowest BCUT2D eigenvalue weighted by Gasteiger charge is -2.33. The fraction of sp³-hybridized carbons (Fsp3) is 0.382. The van der Waals surface area contributed by atoms with Crippen LogP contribution in [0.1, 0.15) is 24.0 Å². The van der Waals surface area contributed by atoms with Crippen molar-refractivity contribution in [1.29, 1.82) is 0 Å². The van der Waals surface area contributed by atoms with Gasteiger partial charge in [-0.1, -0.05) is 11.6 Å². The lowest BCUT2D eigenvalue weighted by atomic mass is 10.0. The minimum Gasteiger partial charge on any atom is -0.495 e. The van der Waals surface area contributed by atoms with E-state index in [1.165, 1.54) is 11.1 Å². The number of nitrogens with zero attached hydrogens (tertiary/aromatic N) is 7.